The maximum Gasteiger partial charge on any atom is 0.0976 e. The SMILES string of the molecule is CCC12OC1C1CCC2C1. The summed E-state index contributed by atoms with van der Waals surface area (Å²) in [4.78, 5) is 0. The summed E-state index contributed by atoms with van der Waals surface area (Å²) in [5.74, 6) is 1.91. The van der Waals surface area contributed by atoms with E-state index < -0.39 is 0 Å². The Kier molecular flexibility index (Phi) is 0.797. The van der Waals surface area contributed by atoms with Crippen LogP contribution in [0.2, 0.25) is 0 Å². The number of fused-ring (bicyclic) bond motifs is 5. The first-order valence-corrected chi connectivity index (χ1v) is 4.54. The van der Waals surface area contributed by atoms with Crippen molar-refractivity contribution in [3.63, 3.8) is 0 Å². The monoisotopic (exact) mass is 138 g/mol. The maximum atomic E-state index is 5.78. The van der Waals surface area contributed by atoms with Gasteiger partial charge in [0.05, 0.1) is 11.7 Å². The van der Waals surface area contributed by atoms with Gasteiger partial charge in [0.1, 0.15) is 0 Å². The summed E-state index contributed by atoms with van der Waals surface area (Å²) in [6.45, 7) is 2.28. The van der Waals surface area contributed by atoms with Gasteiger partial charge in [-0.15, -0.1) is 0 Å². The average Bonchev–Trinajstić information content (AvgIpc) is 2.47. The van der Waals surface area contributed by atoms with E-state index in [0.29, 0.717) is 11.7 Å². The number of hydrogen-bond acceptors (Lipinski definition) is 1. The molecule has 4 unspecified atom stereocenters. The largest absolute Gasteiger partial charge is 0.365 e. The van der Waals surface area contributed by atoms with Crippen LogP contribution in [0.25, 0.3) is 0 Å². The van der Waals surface area contributed by atoms with Gasteiger partial charge in [-0.1, -0.05) is 6.92 Å². The predicted octanol–water partition coefficient (Wildman–Crippen LogP) is 1.96. The van der Waals surface area contributed by atoms with E-state index in [0.717, 1.165) is 11.8 Å². The molecule has 2 saturated carbocycles. The van der Waals surface area contributed by atoms with Crippen LogP contribution < -0.4 is 0 Å². The molecule has 2 bridgehead atoms. The Morgan fingerprint density at radius 2 is 2.40 bits per heavy atom. The first-order chi connectivity index (χ1) is 4.87. The molecule has 0 radical (unpaired) electrons. The molecule has 1 saturated heterocycles. The third kappa shape index (κ3) is 0.402. The third-order valence-corrected chi connectivity index (χ3v) is 3.92. The first kappa shape index (κ1) is 5.59. The molecule has 0 amide bonds. The van der Waals surface area contributed by atoms with Crippen molar-refractivity contribution in [1.82, 2.24) is 0 Å². The summed E-state index contributed by atoms with van der Waals surface area (Å²) in [5, 5.41) is 0. The lowest BCUT2D eigenvalue weighted by atomic mass is 9.87. The van der Waals surface area contributed by atoms with Crippen LogP contribution in [0.5, 0.6) is 0 Å². The van der Waals surface area contributed by atoms with Gasteiger partial charge in [0.25, 0.3) is 0 Å². The molecule has 4 atom stereocenters. The highest BCUT2D eigenvalue weighted by atomic mass is 16.6. The Hall–Kier alpha value is -0.0400. The first-order valence-electron chi connectivity index (χ1n) is 4.54. The fourth-order valence-electron chi connectivity index (χ4n) is 3.33. The van der Waals surface area contributed by atoms with Crippen molar-refractivity contribution in [2.24, 2.45) is 11.8 Å². The number of hydrogen-bond donors (Lipinski definition) is 0. The van der Waals surface area contributed by atoms with Gasteiger partial charge in [0.2, 0.25) is 0 Å². The molecule has 1 heteroatoms. The van der Waals surface area contributed by atoms with Crippen LogP contribution >= 0.6 is 0 Å². The lowest BCUT2D eigenvalue weighted by Gasteiger charge is -2.15. The summed E-state index contributed by atoms with van der Waals surface area (Å²) < 4.78 is 5.78. The summed E-state index contributed by atoms with van der Waals surface area (Å²) in [5.41, 5.74) is 0.420. The predicted molar refractivity (Wildman–Crippen MR) is 38.7 cm³/mol. The Balaban J connectivity index is 1.95. The van der Waals surface area contributed by atoms with Crippen molar-refractivity contribution in [3.05, 3.63) is 0 Å². The Morgan fingerprint density at radius 1 is 1.50 bits per heavy atom. The van der Waals surface area contributed by atoms with Crippen LogP contribution in [0.4, 0.5) is 0 Å². The molecule has 2 aliphatic carbocycles. The zero-order chi connectivity index (χ0) is 6.77. The second-order valence-corrected chi connectivity index (χ2v) is 4.12. The normalized spacial score (nSPS) is 62.7. The van der Waals surface area contributed by atoms with Crippen LogP contribution in [-0.4, -0.2) is 11.7 Å². The standard InChI is InChI=1S/C9H14O/c1-2-9-7-4-3-6(5-7)8(9)10-9/h6-8H,2-5H2,1H3. The van der Waals surface area contributed by atoms with Crippen LogP contribution in [0, 0.1) is 11.8 Å². The van der Waals surface area contributed by atoms with E-state index in [1.165, 1.54) is 25.7 Å². The van der Waals surface area contributed by atoms with Crippen LogP contribution in [0.1, 0.15) is 32.6 Å². The molecule has 0 N–H and O–H groups in total. The zero-order valence-electron chi connectivity index (χ0n) is 6.47. The summed E-state index contributed by atoms with van der Waals surface area (Å²) in [6, 6.07) is 0. The van der Waals surface area contributed by atoms with Gasteiger partial charge >= 0.3 is 0 Å². The molecule has 1 nitrogen and oxygen atoms in total. The van der Waals surface area contributed by atoms with Crippen molar-refractivity contribution < 1.29 is 4.74 Å². The van der Waals surface area contributed by atoms with Gasteiger partial charge in [-0.05, 0) is 37.5 Å². The van der Waals surface area contributed by atoms with Crippen molar-refractivity contribution in [2.75, 3.05) is 0 Å². The van der Waals surface area contributed by atoms with E-state index in [4.69, 9.17) is 4.74 Å². The summed E-state index contributed by atoms with van der Waals surface area (Å²) in [7, 11) is 0. The Morgan fingerprint density at radius 3 is 2.90 bits per heavy atom. The van der Waals surface area contributed by atoms with Gasteiger partial charge in [0.15, 0.2) is 0 Å². The second kappa shape index (κ2) is 1.42. The van der Waals surface area contributed by atoms with Crippen LogP contribution in [0.15, 0.2) is 0 Å². The highest BCUT2D eigenvalue weighted by Crippen LogP contribution is 2.65. The summed E-state index contributed by atoms with van der Waals surface area (Å²) in [6.07, 6.45) is 6.36. The number of epoxide rings is 1. The topological polar surface area (TPSA) is 12.5 Å². The average molecular weight is 138 g/mol. The molecule has 3 fully saturated rings. The van der Waals surface area contributed by atoms with Gasteiger partial charge in [0, 0.05) is 0 Å². The molecule has 56 valence electrons. The molecule has 0 aromatic carbocycles. The van der Waals surface area contributed by atoms with E-state index in [2.05, 4.69) is 6.92 Å². The zero-order valence-corrected chi connectivity index (χ0v) is 6.47. The number of rotatable bonds is 1. The quantitative estimate of drug-likeness (QED) is 0.505. The molecule has 0 aromatic rings. The van der Waals surface area contributed by atoms with Crippen molar-refractivity contribution in [2.45, 2.75) is 44.3 Å². The van der Waals surface area contributed by atoms with E-state index in [1.54, 1.807) is 0 Å². The molecule has 0 aromatic heterocycles. The molecular weight excluding hydrogens is 124 g/mol. The van der Waals surface area contributed by atoms with Crippen molar-refractivity contribution in [3.8, 4) is 0 Å². The maximum absolute atomic E-state index is 5.78. The van der Waals surface area contributed by atoms with E-state index in [1.807, 2.05) is 0 Å². The fourth-order valence-corrected chi connectivity index (χ4v) is 3.33. The van der Waals surface area contributed by atoms with Crippen LogP contribution in [0.3, 0.4) is 0 Å². The van der Waals surface area contributed by atoms with E-state index in [9.17, 15) is 0 Å². The highest BCUT2D eigenvalue weighted by Gasteiger charge is 2.70. The second-order valence-electron chi connectivity index (χ2n) is 4.12. The third-order valence-electron chi connectivity index (χ3n) is 3.92. The smallest absolute Gasteiger partial charge is 0.0976 e. The molecule has 1 heterocycles. The minimum atomic E-state index is 0.420. The lowest BCUT2D eigenvalue weighted by Crippen LogP contribution is -2.21. The molecule has 10 heavy (non-hydrogen) atoms. The number of ether oxygens (including phenoxy) is 1. The lowest BCUT2D eigenvalue weighted by molar-refractivity contribution is 0.190. The Labute approximate surface area is 61.8 Å². The minimum absolute atomic E-state index is 0.420. The Bertz CT molecular complexity index is 178. The molecule has 3 aliphatic rings. The highest BCUT2D eigenvalue weighted by molar-refractivity contribution is 5.18. The molecule has 0 spiro atoms. The van der Waals surface area contributed by atoms with Gasteiger partial charge < -0.3 is 4.74 Å². The van der Waals surface area contributed by atoms with Gasteiger partial charge in [-0.25, -0.2) is 0 Å². The van der Waals surface area contributed by atoms with Gasteiger partial charge in [-0.3, -0.25) is 0 Å². The molecule has 3 rings (SSSR count). The minimum Gasteiger partial charge on any atom is -0.365 e. The molecular formula is C9H14O. The van der Waals surface area contributed by atoms with Crippen LogP contribution in [-0.2, 0) is 4.74 Å². The van der Waals surface area contributed by atoms with Crippen molar-refractivity contribution in [1.29, 1.82) is 0 Å². The van der Waals surface area contributed by atoms with E-state index >= 15 is 0 Å². The summed E-state index contributed by atoms with van der Waals surface area (Å²) >= 11 is 0. The van der Waals surface area contributed by atoms with E-state index in [-0.39, 0.29) is 0 Å². The fraction of sp³-hybridized carbons (Fsp3) is 1.00. The molecule has 1 aliphatic heterocycles. The van der Waals surface area contributed by atoms with Crippen molar-refractivity contribution >= 4 is 0 Å². The van der Waals surface area contributed by atoms with Gasteiger partial charge in [-0.2, -0.15) is 0 Å².